The molecule has 0 spiro atoms. The highest BCUT2D eigenvalue weighted by atomic mass is 15.1. The lowest BCUT2D eigenvalue weighted by Gasteiger charge is -2.26. The lowest BCUT2D eigenvalue weighted by Crippen LogP contribution is -2.10. The first-order valence-corrected chi connectivity index (χ1v) is 32.0. The van der Waals surface area contributed by atoms with Crippen molar-refractivity contribution in [2.75, 3.05) is 9.80 Å². The summed E-state index contributed by atoms with van der Waals surface area (Å²) >= 11 is 0. The third-order valence-electron chi connectivity index (χ3n) is 18.7. The van der Waals surface area contributed by atoms with Crippen molar-refractivity contribution in [1.29, 1.82) is 0 Å². The van der Waals surface area contributed by atoms with Gasteiger partial charge in [0, 0.05) is 89.3 Å². The van der Waals surface area contributed by atoms with Crippen molar-refractivity contribution in [1.82, 2.24) is 19.1 Å². The van der Waals surface area contributed by atoms with Crippen LogP contribution in [0.5, 0.6) is 0 Å². The molecule has 0 aliphatic heterocycles. The van der Waals surface area contributed by atoms with Gasteiger partial charge in [-0.1, -0.05) is 218 Å². The molecule has 0 unspecified atom stereocenters. The molecular weight excluding hydrogens is 1140 g/mol. The van der Waals surface area contributed by atoms with E-state index in [4.69, 9.17) is 9.97 Å². The highest BCUT2D eigenvalue weighted by molar-refractivity contribution is 6.11. The van der Waals surface area contributed by atoms with E-state index in [2.05, 4.69) is 371 Å². The van der Waals surface area contributed by atoms with Crippen LogP contribution in [0.15, 0.2) is 352 Å². The Kier molecular flexibility index (Phi) is 13.1. The van der Waals surface area contributed by atoms with Crippen molar-refractivity contribution in [2.24, 2.45) is 0 Å². The van der Waals surface area contributed by atoms with E-state index in [1.54, 1.807) is 0 Å². The van der Waals surface area contributed by atoms with Crippen molar-refractivity contribution in [2.45, 2.75) is 0 Å². The lowest BCUT2D eigenvalue weighted by atomic mass is 9.94. The minimum absolute atomic E-state index is 0.784. The van der Waals surface area contributed by atoms with Crippen molar-refractivity contribution >= 4 is 110 Å². The molecule has 0 N–H and O–H groups in total. The van der Waals surface area contributed by atoms with Crippen molar-refractivity contribution in [3.8, 4) is 56.1 Å². The Hall–Kier alpha value is -12.6. The van der Waals surface area contributed by atoms with Crippen LogP contribution in [0.1, 0.15) is 0 Å². The van der Waals surface area contributed by atoms with Gasteiger partial charge in [0.2, 0.25) is 0 Å². The molecule has 18 rings (SSSR count). The van der Waals surface area contributed by atoms with Gasteiger partial charge in [0.1, 0.15) is 0 Å². The predicted molar refractivity (Wildman–Crippen MR) is 394 cm³/mol. The zero-order valence-corrected chi connectivity index (χ0v) is 51.2. The Morgan fingerprint density at radius 2 is 0.489 bits per heavy atom. The highest BCUT2D eigenvalue weighted by Crippen LogP contribution is 2.44. The summed E-state index contributed by atoms with van der Waals surface area (Å²) in [5.74, 6) is 0. The molecule has 0 saturated heterocycles. The summed E-state index contributed by atoms with van der Waals surface area (Å²) in [5.41, 5.74) is 22.4. The van der Waals surface area contributed by atoms with E-state index in [1.165, 1.54) is 65.2 Å². The Labute approximate surface area is 544 Å². The standard InChI is InChI=1S/C88H58N6/c1-3-23-67(24-4-1)91(71-47-51-73(52-48-71)93-81-31-15-11-27-77(81)78-28-12-16-32-82(78)93)69-43-39-61(40-44-69)85-86(90-88-76(66-38-36-60-20-8-10-22-64(60)58-66)56-55-75(87(88)89-85)65-37-35-59-19-7-9-21-63(59)57-65)62-41-45-70(46-42-62)92(68-25-5-2-6-26-68)72-49-53-74(54-50-72)94-83-33-17-13-29-79(83)80-30-14-18-34-84(80)94/h1-58H. The summed E-state index contributed by atoms with van der Waals surface area (Å²) in [6, 6.07) is 127. The molecule has 6 nitrogen and oxygen atoms in total. The maximum atomic E-state index is 5.92. The maximum absolute atomic E-state index is 5.92. The van der Waals surface area contributed by atoms with E-state index >= 15 is 0 Å². The van der Waals surface area contributed by atoms with Crippen LogP contribution in [0.2, 0.25) is 0 Å². The molecule has 0 aliphatic carbocycles. The number of nitrogens with zero attached hydrogens (tertiary/aromatic N) is 6. The molecule has 6 heteroatoms. The van der Waals surface area contributed by atoms with Gasteiger partial charge in [-0.25, -0.2) is 9.97 Å². The smallest absolute Gasteiger partial charge is 0.0979 e. The summed E-state index contributed by atoms with van der Waals surface area (Å²) < 4.78 is 4.74. The molecule has 3 aromatic heterocycles. The third kappa shape index (κ3) is 9.34. The minimum Gasteiger partial charge on any atom is -0.311 e. The molecule has 440 valence electrons. The summed E-state index contributed by atoms with van der Waals surface area (Å²) in [7, 11) is 0. The fraction of sp³-hybridized carbons (Fsp3) is 0. The monoisotopic (exact) mass is 1200 g/mol. The molecule has 18 aromatic rings. The quantitative estimate of drug-likeness (QED) is 0.122. The van der Waals surface area contributed by atoms with Gasteiger partial charge < -0.3 is 18.9 Å². The van der Waals surface area contributed by atoms with Crippen LogP contribution >= 0.6 is 0 Å². The largest absolute Gasteiger partial charge is 0.311 e. The first-order chi connectivity index (χ1) is 46.6. The molecule has 15 aromatic carbocycles. The number of para-hydroxylation sites is 6. The van der Waals surface area contributed by atoms with E-state index < -0.39 is 0 Å². The summed E-state index contributed by atoms with van der Waals surface area (Å²) in [4.78, 5) is 16.5. The van der Waals surface area contributed by atoms with E-state index in [-0.39, 0.29) is 0 Å². The van der Waals surface area contributed by atoms with E-state index in [0.717, 1.165) is 101 Å². The molecule has 0 atom stereocenters. The van der Waals surface area contributed by atoms with Crippen LogP contribution in [-0.2, 0) is 0 Å². The molecule has 0 bridgehead atoms. The Morgan fingerprint density at radius 1 is 0.213 bits per heavy atom. The number of rotatable bonds is 12. The number of anilines is 6. The molecular formula is C88H58N6. The van der Waals surface area contributed by atoms with Gasteiger partial charge in [0.05, 0.1) is 44.5 Å². The topological polar surface area (TPSA) is 42.1 Å². The van der Waals surface area contributed by atoms with Crippen LogP contribution in [0, 0.1) is 0 Å². The second-order valence-electron chi connectivity index (χ2n) is 24.1. The molecule has 3 heterocycles. The molecule has 0 fully saturated rings. The van der Waals surface area contributed by atoms with E-state index in [0.29, 0.717) is 0 Å². The van der Waals surface area contributed by atoms with Crippen molar-refractivity contribution in [3.63, 3.8) is 0 Å². The van der Waals surface area contributed by atoms with Crippen LogP contribution in [-0.4, -0.2) is 19.1 Å². The van der Waals surface area contributed by atoms with Gasteiger partial charge >= 0.3 is 0 Å². The fourth-order valence-corrected chi connectivity index (χ4v) is 14.2. The Balaban J connectivity index is 0.791. The maximum Gasteiger partial charge on any atom is 0.0979 e. The van der Waals surface area contributed by atoms with Gasteiger partial charge in [-0.15, -0.1) is 0 Å². The number of benzene rings is 15. The highest BCUT2D eigenvalue weighted by Gasteiger charge is 2.23. The average Bonchev–Trinajstić information content (AvgIpc) is 1.04. The first-order valence-electron chi connectivity index (χ1n) is 32.0. The SMILES string of the molecule is c1ccc(N(c2ccc(-c3nc4c(-c5ccc6ccccc6c5)ccc(-c5ccc6ccccc6c5)c4nc3-c3ccc(N(c4ccccc4)c4ccc(-n5c6ccccc6c6ccccc65)cc4)cc3)cc2)c2ccc(-n3c4ccccc4c4ccccc43)cc2)cc1. The molecule has 0 amide bonds. The van der Waals surface area contributed by atoms with Crippen LogP contribution in [0.4, 0.5) is 34.1 Å². The fourth-order valence-electron chi connectivity index (χ4n) is 14.2. The number of fused-ring (bicyclic) bond motifs is 9. The van der Waals surface area contributed by atoms with Gasteiger partial charge in [0.15, 0.2) is 0 Å². The number of aromatic nitrogens is 4. The van der Waals surface area contributed by atoms with Crippen LogP contribution in [0.25, 0.3) is 132 Å². The van der Waals surface area contributed by atoms with Crippen LogP contribution < -0.4 is 9.80 Å². The van der Waals surface area contributed by atoms with Gasteiger partial charge in [-0.05, 0) is 166 Å². The Morgan fingerprint density at radius 3 is 0.840 bits per heavy atom. The zero-order chi connectivity index (χ0) is 62.1. The molecule has 94 heavy (non-hydrogen) atoms. The second-order valence-corrected chi connectivity index (χ2v) is 24.1. The van der Waals surface area contributed by atoms with E-state index in [9.17, 15) is 0 Å². The van der Waals surface area contributed by atoms with Crippen LogP contribution in [0.3, 0.4) is 0 Å². The van der Waals surface area contributed by atoms with Gasteiger partial charge in [-0.2, -0.15) is 0 Å². The predicted octanol–water partition coefficient (Wildman–Crippen LogP) is 23.7. The van der Waals surface area contributed by atoms with Crippen molar-refractivity contribution < 1.29 is 0 Å². The third-order valence-corrected chi connectivity index (χ3v) is 18.7. The summed E-state index contributed by atoms with van der Waals surface area (Å²) in [6.45, 7) is 0. The first kappa shape index (κ1) is 54.3. The Bertz CT molecular complexity index is 5420. The van der Waals surface area contributed by atoms with E-state index in [1.807, 2.05) is 0 Å². The average molecular weight is 1200 g/mol. The van der Waals surface area contributed by atoms with Gasteiger partial charge in [-0.3, -0.25) is 0 Å². The second kappa shape index (κ2) is 22.7. The molecule has 0 radical (unpaired) electrons. The minimum atomic E-state index is 0.784. The molecule has 0 saturated carbocycles. The van der Waals surface area contributed by atoms with Gasteiger partial charge in [0.25, 0.3) is 0 Å². The summed E-state index contributed by atoms with van der Waals surface area (Å²) in [6.07, 6.45) is 0. The number of hydrogen-bond acceptors (Lipinski definition) is 4. The zero-order valence-electron chi connectivity index (χ0n) is 51.2. The molecule has 0 aliphatic rings. The normalized spacial score (nSPS) is 11.6. The lowest BCUT2D eigenvalue weighted by molar-refractivity contribution is 1.17. The van der Waals surface area contributed by atoms with Crippen molar-refractivity contribution in [3.05, 3.63) is 352 Å². The summed E-state index contributed by atoms with van der Waals surface area (Å²) in [5, 5.41) is 9.67. The number of hydrogen-bond donors (Lipinski definition) is 0.